The van der Waals surface area contributed by atoms with E-state index in [0.29, 0.717) is 13.1 Å². The minimum absolute atomic E-state index is 0.157. The van der Waals surface area contributed by atoms with Crippen molar-refractivity contribution in [2.75, 3.05) is 27.2 Å². The number of urea groups is 1. The Morgan fingerprint density at radius 3 is 2.57 bits per heavy atom. The largest absolute Gasteiger partial charge is 0.469 e. The lowest BCUT2D eigenvalue weighted by molar-refractivity contribution is -0.140. The van der Waals surface area contributed by atoms with Gasteiger partial charge < -0.3 is 15.0 Å². The summed E-state index contributed by atoms with van der Waals surface area (Å²) in [6, 6.07) is -0.157. The normalized spacial score (nSPS) is 9.36. The van der Waals surface area contributed by atoms with Crippen molar-refractivity contribution in [2.45, 2.75) is 19.8 Å². The highest BCUT2D eigenvalue weighted by molar-refractivity contribution is 5.75. The van der Waals surface area contributed by atoms with Crippen LogP contribution >= 0.6 is 0 Å². The van der Waals surface area contributed by atoms with Crippen molar-refractivity contribution >= 4 is 12.0 Å². The van der Waals surface area contributed by atoms with Crippen molar-refractivity contribution in [1.82, 2.24) is 10.2 Å². The molecule has 82 valence electrons. The number of ether oxygens (including phenoxy) is 1. The van der Waals surface area contributed by atoms with E-state index in [1.165, 1.54) is 12.0 Å². The smallest absolute Gasteiger partial charge is 0.317 e. The van der Waals surface area contributed by atoms with Crippen molar-refractivity contribution in [2.24, 2.45) is 0 Å². The maximum absolute atomic E-state index is 11.3. The van der Waals surface area contributed by atoms with E-state index in [9.17, 15) is 9.59 Å². The fourth-order valence-electron chi connectivity index (χ4n) is 0.829. The van der Waals surface area contributed by atoms with E-state index in [-0.39, 0.29) is 18.4 Å². The van der Waals surface area contributed by atoms with E-state index in [1.807, 2.05) is 6.92 Å². The van der Waals surface area contributed by atoms with Gasteiger partial charge in [0.15, 0.2) is 0 Å². The first-order chi connectivity index (χ1) is 6.61. The van der Waals surface area contributed by atoms with Crippen LogP contribution in [0.4, 0.5) is 4.79 Å². The standard InChI is InChI=1S/C9H18N2O3/c1-4-6-10-9(13)11(2)7-5-8(12)14-3/h4-7H2,1-3H3,(H,10,13). The van der Waals surface area contributed by atoms with Gasteiger partial charge in [-0.3, -0.25) is 4.79 Å². The van der Waals surface area contributed by atoms with Crippen LogP contribution in [0.1, 0.15) is 19.8 Å². The lowest BCUT2D eigenvalue weighted by atomic mass is 10.4. The molecule has 0 aromatic rings. The Labute approximate surface area is 84.4 Å². The lowest BCUT2D eigenvalue weighted by Gasteiger charge is -2.16. The van der Waals surface area contributed by atoms with E-state index in [0.717, 1.165) is 6.42 Å². The van der Waals surface area contributed by atoms with Crippen LogP contribution in [0.25, 0.3) is 0 Å². The second kappa shape index (κ2) is 7.17. The Morgan fingerprint density at radius 2 is 2.07 bits per heavy atom. The predicted octanol–water partition coefficient (Wildman–Crippen LogP) is 0.601. The predicted molar refractivity (Wildman–Crippen MR) is 53.0 cm³/mol. The lowest BCUT2D eigenvalue weighted by Crippen LogP contribution is -2.38. The molecule has 5 nitrogen and oxygen atoms in total. The molecule has 0 saturated heterocycles. The summed E-state index contributed by atoms with van der Waals surface area (Å²) in [6.07, 6.45) is 1.13. The molecule has 0 aromatic heterocycles. The van der Waals surface area contributed by atoms with Gasteiger partial charge in [0.1, 0.15) is 0 Å². The number of hydrogen-bond acceptors (Lipinski definition) is 3. The maximum atomic E-state index is 11.3. The molecule has 0 aliphatic heterocycles. The van der Waals surface area contributed by atoms with E-state index in [1.54, 1.807) is 7.05 Å². The number of nitrogens with one attached hydrogen (secondary N) is 1. The van der Waals surface area contributed by atoms with E-state index in [2.05, 4.69) is 10.1 Å². The summed E-state index contributed by atoms with van der Waals surface area (Å²) >= 11 is 0. The third-order valence-electron chi connectivity index (χ3n) is 1.75. The second-order valence-corrected chi connectivity index (χ2v) is 2.98. The van der Waals surface area contributed by atoms with Crippen LogP contribution in [0.15, 0.2) is 0 Å². The number of nitrogens with zero attached hydrogens (tertiary/aromatic N) is 1. The first-order valence-electron chi connectivity index (χ1n) is 4.67. The molecule has 0 aromatic carbocycles. The molecule has 14 heavy (non-hydrogen) atoms. The third-order valence-corrected chi connectivity index (χ3v) is 1.75. The van der Waals surface area contributed by atoms with Gasteiger partial charge in [0, 0.05) is 20.1 Å². The van der Waals surface area contributed by atoms with Crippen molar-refractivity contribution in [3.8, 4) is 0 Å². The fourth-order valence-corrected chi connectivity index (χ4v) is 0.829. The van der Waals surface area contributed by atoms with Gasteiger partial charge in [-0.1, -0.05) is 6.92 Å². The van der Waals surface area contributed by atoms with Gasteiger partial charge in [-0.05, 0) is 6.42 Å². The number of carbonyl (C=O) groups excluding carboxylic acids is 2. The molecule has 0 rings (SSSR count). The molecule has 5 heteroatoms. The van der Waals surface area contributed by atoms with Crippen LogP contribution in [0.3, 0.4) is 0 Å². The number of hydrogen-bond donors (Lipinski definition) is 1. The SMILES string of the molecule is CCCNC(=O)N(C)CCC(=O)OC. The summed E-state index contributed by atoms with van der Waals surface area (Å²) in [5.41, 5.74) is 0. The average molecular weight is 202 g/mol. The molecule has 2 amide bonds. The summed E-state index contributed by atoms with van der Waals surface area (Å²) in [7, 11) is 2.98. The maximum Gasteiger partial charge on any atom is 0.317 e. The number of esters is 1. The van der Waals surface area contributed by atoms with Gasteiger partial charge in [-0.2, -0.15) is 0 Å². The molecule has 0 saturated carbocycles. The van der Waals surface area contributed by atoms with Crippen molar-refractivity contribution in [3.63, 3.8) is 0 Å². The molecule has 0 aliphatic carbocycles. The molecule has 0 unspecified atom stereocenters. The molecule has 0 heterocycles. The van der Waals surface area contributed by atoms with Gasteiger partial charge in [0.25, 0.3) is 0 Å². The van der Waals surface area contributed by atoms with Gasteiger partial charge in [0.2, 0.25) is 0 Å². The Hall–Kier alpha value is -1.26. The van der Waals surface area contributed by atoms with Gasteiger partial charge >= 0.3 is 12.0 Å². The minimum atomic E-state index is -0.305. The quantitative estimate of drug-likeness (QED) is 0.664. The van der Waals surface area contributed by atoms with Crippen LogP contribution < -0.4 is 5.32 Å². The summed E-state index contributed by atoms with van der Waals surface area (Å²) in [6.45, 7) is 3.01. The molecule has 0 bridgehead atoms. The second-order valence-electron chi connectivity index (χ2n) is 2.98. The van der Waals surface area contributed by atoms with Crippen LogP contribution in [-0.2, 0) is 9.53 Å². The summed E-state index contributed by atoms with van der Waals surface area (Å²) in [5.74, 6) is -0.305. The molecule has 1 N–H and O–H groups in total. The molecule has 0 atom stereocenters. The van der Waals surface area contributed by atoms with E-state index >= 15 is 0 Å². The highest BCUT2D eigenvalue weighted by Gasteiger charge is 2.09. The first kappa shape index (κ1) is 12.7. The third kappa shape index (κ3) is 5.40. The molecular formula is C9H18N2O3. The zero-order chi connectivity index (χ0) is 11.0. The monoisotopic (exact) mass is 202 g/mol. The van der Waals surface area contributed by atoms with E-state index in [4.69, 9.17) is 0 Å². The van der Waals surface area contributed by atoms with Gasteiger partial charge in [-0.15, -0.1) is 0 Å². The number of carbonyl (C=O) groups is 2. The topological polar surface area (TPSA) is 58.6 Å². The zero-order valence-electron chi connectivity index (χ0n) is 9.00. The summed E-state index contributed by atoms with van der Waals surface area (Å²) < 4.78 is 4.46. The molecule has 0 fully saturated rings. The Balaban J connectivity index is 3.66. The number of amides is 2. The molecule has 0 spiro atoms. The van der Waals surface area contributed by atoms with Crippen molar-refractivity contribution < 1.29 is 14.3 Å². The number of rotatable bonds is 5. The molecular weight excluding hydrogens is 184 g/mol. The van der Waals surface area contributed by atoms with Crippen LogP contribution in [0.2, 0.25) is 0 Å². The Morgan fingerprint density at radius 1 is 1.43 bits per heavy atom. The average Bonchev–Trinajstić information content (AvgIpc) is 2.21. The molecule has 0 aliphatic rings. The zero-order valence-corrected chi connectivity index (χ0v) is 9.00. The minimum Gasteiger partial charge on any atom is -0.469 e. The van der Waals surface area contributed by atoms with Crippen LogP contribution in [-0.4, -0.2) is 44.1 Å². The molecule has 0 radical (unpaired) electrons. The van der Waals surface area contributed by atoms with Crippen molar-refractivity contribution in [3.05, 3.63) is 0 Å². The summed E-state index contributed by atoms with van der Waals surface area (Å²) in [5, 5.41) is 2.71. The van der Waals surface area contributed by atoms with Crippen LogP contribution in [0, 0.1) is 0 Å². The van der Waals surface area contributed by atoms with Crippen LogP contribution in [0.5, 0.6) is 0 Å². The Kier molecular flexibility index (Phi) is 6.53. The number of methoxy groups -OCH3 is 1. The highest BCUT2D eigenvalue weighted by atomic mass is 16.5. The fraction of sp³-hybridized carbons (Fsp3) is 0.778. The highest BCUT2D eigenvalue weighted by Crippen LogP contribution is 1.90. The van der Waals surface area contributed by atoms with Gasteiger partial charge in [0.05, 0.1) is 13.5 Å². The van der Waals surface area contributed by atoms with E-state index < -0.39 is 0 Å². The first-order valence-corrected chi connectivity index (χ1v) is 4.67. The van der Waals surface area contributed by atoms with Crippen molar-refractivity contribution in [1.29, 1.82) is 0 Å². The summed E-state index contributed by atoms with van der Waals surface area (Å²) in [4.78, 5) is 23.5. The Bertz CT molecular complexity index is 194. The van der Waals surface area contributed by atoms with Gasteiger partial charge in [-0.25, -0.2) is 4.79 Å².